The van der Waals surface area contributed by atoms with E-state index in [4.69, 9.17) is 14.8 Å². The topological polar surface area (TPSA) is 175 Å². The SMILES string of the molecule is C=CC1=C(C)c2cc3[nH]c(cc4nc(cc5[nH]c(cc1n2)c(C)c5CCC(=O)O)C(CCC(=O)O)=C4C)c(C)c3C=C.NC=O. The largest absolute Gasteiger partial charge is 0.481 e. The highest BCUT2D eigenvalue weighted by Gasteiger charge is 2.20. The predicted octanol–water partition coefficient (Wildman–Crippen LogP) is 6.61. The molecule has 0 atom stereocenters. The minimum atomic E-state index is -0.883. The number of carboxylic acid groups (broad SMARTS) is 2. The van der Waals surface area contributed by atoms with Gasteiger partial charge in [-0.2, -0.15) is 0 Å². The quantitative estimate of drug-likeness (QED) is 0.179. The molecule has 3 aromatic heterocycles. The standard InChI is InChI=1S/C34H34N4O4.CH3NO/c1-7-21-17(3)25-13-26-19(5)23(9-11-33(39)40)31(37-26)16-32-24(10-12-34(41)42)20(6)28(38-32)15-30-22(8-2)18(4)27(36-30)14-29(21)35-25;2-1-3/h7-8,13-16,35,38H,1-2,9-12H2,3-6H3,(H,39,40)(H,41,42);1H,(H2,2,3). The van der Waals surface area contributed by atoms with Crippen LogP contribution in [0.15, 0.2) is 43.5 Å². The van der Waals surface area contributed by atoms with Crippen LogP contribution in [-0.4, -0.2) is 48.5 Å². The van der Waals surface area contributed by atoms with E-state index in [1.165, 1.54) is 0 Å². The number of rotatable bonds is 8. The van der Waals surface area contributed by atoms with Crippen LogP contribution in [-0.2, 0) is 20.8 Å². The lowest BCUT2D eigenvalue weighted by Crippen LogP contribution is -1.98. The fourth-order valence-electron chi connectivity index (χ4n) is 5.77. The van der Waals surface area contributed by atoms with Crippen molar-refractivity contribution in [3.8, 4) is 0 Å². The third-order valence-corrected chi connectivity index (χ3v) is 8.22. The Balaban J connectivity index is 0.00000148. The molecule has 0 saturated carbocycles. The first-order valence-electron chi connectivity index (χ1n) is 14.4. The molecule has 0 radical (unpaired) electrons. The molecule has 2 aliphatic rings. The van der Waals surface area contributed by atoms with E-state index in [-0.39, 0.29) is 19.3 Å². The van der Waals surface area contributed by atoms with Gasteiger partial charge in [0.25, 0.3) is 0 Å². The highest BCUT2D eigenvalue weighted by molar-refractivity contribution is 5.98. The van der Waals surface area contributed by atoms with Gasteiger partial charge >= 0.3 is 11.9 Å². The van der Waals surface area contributed by atoms with Crippen LogP contribution >= 0.6 is 0 Å². The molecule has 2 aliphatic heterocycles. The second-order valence-electron chi connectivity index (χ2n) is 10.9. The molecule has 5 heterocycles. The van der Waals surface area contributed by atoms with Crippen molar-refractivity contribution in [2.75, 3.05) is 0 Å². The smallest absolute Gasteiger partial charge is 0.303 e. The van der Waals surface area contributed by atoms with Crippen molar-refractivity contribution in [2.24, 2.45) is 5.73 Å². The summed E-state index contributed by atoms with van der Waals surface area (Å²) in [5, 5.41) is 18.9. The molecule has 0 aromatic carbocycles. The third kappa shape index (κ3) is 6.54. The molecule has 10 heteroatoms. The molecule has 45 heavy (non-hydrogen) atoms. The number of carboxylic acids is 2. The molecule has 0 fully saturated rings. The number of aromatic amines is 2. The number of aliphatic carboxylic acids is 2. The van der Waals surface area contributed by atoms with Gasteiger partial charge in [-0.3, -0.25) is 14.4 Å². The number of carbonyl (C=O) groups is 3. The Labute approximate surface area is 260 Å². The van der Waals surface area contributed by atoms with Crippen LogP contribution in [0, 0.1) is 13.8 Å². The van der Waals surface area contributed by atoms with Crippen LogP contribution in [0.25, 0.3) is 50.4 Å². The van der Waals surface area contributed by atoms with Crippen LogP contribution in [0.3, 0.4) is 0 Å². The Kier molecular flexibility index (Phi) is 9.66. The normalized spacial score (nSPS) is 12.4. The Morgan fingerprint density at radius 2 is 1.27 bits per heavy atom. The monoisotopic (exact) mass is 607 g/mol. The van der Waals surface area contributed by atoms with Gasteiger partial charge in [-0.05, 0) is 98.2 Å². The average Bonchev–Trinajstić information content (AvgIpc) is 3.64. The Hall–Kier alpha value is -5.51. The van der Waals surface area contributed by atoms with Crippen molar-refractivity contribution in [1.29, 1.82) is 0 Å². The molecule has 0 spiro atoms. The van der Waals surface area contributed by atoms with Gasteiger partial charge in [0.05, 0.1) is 22.8 Å². The number of aryl methyl sites for hydroxylation is 3. The minimum Gasteiger partial charge on any atom is -0.481 e. The number of hydrogen-bond acceptors (Lipinski definition) is 5. The number of fused-ring (bicyclic) bond motifs is 8. The van der Waals surface area contributed by atoms with Gasteiger partial charge in [-0.15, -0.1) is 0 Å². The molecule has 3 aromatic rings. The van der Waals surface area contributed by atoms with Crippen LogP contribution < -0.4 is 5.73 Å². The Morgan fingerprint density at radius 1 is 0.756 bits per heavy atom. The summed E-state index contributed by atoms with van der Waals surface area (Å²) in [6.07, 6.45) is 4.47. The van der Waals surface area contributed by atoms with Crippen molar-refractivity contribution in [3.63, 3.8) is 0 Å². The fourth-order valence-corrected chi connectivity index (χ4v) is 5.77. The summed E-state index contributed by atoms with van der Waals surface area (Å²) in [5.41, 5.74) is 17.9. The van der Waals surface area contributed by atoms with E-state index < -0.39 is 11.9 Å². The molecule has 1 amide bonds. The second-order valence-corrected chi connectivity index (χ2v) is 10.9. The summed E-state index contributed by atoms with van der Waals surface area (Å²) in [4.78, 5) is 48.6. The highest BCUT2D eigenvalue weighted by Crippen LogP contribution is 2.36. The zero-order valence-electron chi connectivity index (χ0n) is 25.9. The lowest BCUT2D eigenvalue weighted by atomic mass is 10.0. The molecular weight excluding hydrogens is 570 g/mol. The number of H-pyrrole nitrogens is 2. The average molecular weight is 608 g/mol. The number of allylic oxidation sites excluding steroid dienone is 5. The molecule has 5 rings (SSSR count). The number of hydrogen-bond donors (Lipinski definition) is 5. The van der Waals surface area contributed by atoms with Crippen molar-refractivity contribution < 1.29 is 24.6 Å². The third-order valence-electron chi connectivity index (χ3n) is 8.22. The predicted molar refractivity (Wildman–Crippen MR) is 179 cm³/mol. The van der Waals surface area contributed by atoms with Gasteiger partial charge in [-0.25, -0.2) is 9.97 Å². The summed E-state index contributed by atoms with van der Waals surface area (Å²) in [7, 11) is 0. The van der Waals surface area contributed by atoms with Crippen LogP contribution in [0.4, 0.5) is 0 Å². The number of nitrogens with zero attached hydrogens (tertiary/aromatic N) is 2. The van der Waals surface area contributed by atoms with Crippen molar-refractivity contribution in [2.45, 2.75) is 53.4 Å². The molecule has 0 saturated heterocycles. The summed E-state index contributed by atoms with van der Waals surface area (Å²) in [6, 6.07) is 7.88. The van der Waals surface area contributed by atoms with Gasteiger partial charge in [0.1, 0.15) is 0 Å². The zero-order valence-corrected chi connectivity index (χ0v) is 25.9. The van der Waals surface area contributed by atoms with Gasteiger partial charge in [0.2, 0.25) is 6.41 Å². The molecule has 0 unspecified atom stereocenters. The summed E-state index contributed by atoms with van der Waals surface area (Å²) < 4.78 is 0. The number of carbonyl (C=O) groups excluding carboxylic acids is 1. The van der Waals surface area contributed by atoms with E-state index in [2.05, 4.69) is 28.9 Å². The lowest BCUT2D eigenvalue weighted by molar-refractivity contribution is -0.137. The Morgan fingerprint density at radius 3 is 1.89 bits per heavy atom. The van der Waals surface area contributed by atoms with Crippen molar-refractivity contribution in [3.05, 3.63) is 88.5 Å². The molecule has 8 bridgehead atoms. The van der Waals surface area contributed by atoms with Crippen molar-refractivity contribution >= 4 is 68.8 Å². The fraction of sp³-hybridized carbons (Fsp3) is 0.229. The highest BCUT2D eigenvalue weighted by atomic mass is 16.4. The van der Waals surface area contributed by atoms with Gasteiger partial charge < -0.3 is 25.9 Å². The first-order chi connectivity index (χ1) is 21.4. The number of primary amides is 1. The maximum Gasteiger partial charge on any atom is 0.303 e. The first kappa shape index (κ1) is 32.4. The number of nitrogens with one attached hydrogen (secondary N) is 2. The van der Waals surface area contributed by atoms with Crippen molar-refractivity contribution in [1.82, 2.24) is 19.9 Å². The van der Waals surface area contributed by atoms with Gasteiger partial charge in [0, 0.05) is 46.0 Å². The van der Waals surface area contributed by atoms with Crippen LogP contribution in [0.2, 0.25) is 0 Å². The number of aromatic nitrogens is 4. The number of nitrogens with two attached hydrogens (primary N) is 1. The van der Waals surface area contributed by atoms with Gasteiger partial charge in [-0.1, -0.05) is 25.3 Å². The maximum absolute atomic E-state index is 11.5. The maximum atomic E-state index is 11.5. The van der Waals surface area contributed by atoms with E-state index in [0.29, 0.717) is 18.5 Å². The lowest BCUT2D eigenvalue weighted by Gasteiger charge is -2.03. The van der Waals surface area contributed by atoms with Crippen LogP contribution in [0.5, 0.6) is 0 Å². The molecular formula is C35H37N5O5. The summed E-state index contributed by atoms with van der Waals surface area (Å²) >= 11 is 0. The summed E-state index contributed by atoms with van der Waals surface area (Å²) in [5.74, 6) is -1.76. The molecule has 6 N–H and O–H groups in total. The molecule has 0 aliphatic carbocycles. The van der Waals surface area contributed by atoms with E-state index in [1.807, 2.05) is 58.0 Å². The second kappa shape index (κ2) is 13.4. The summed E-state index contributed by atoms with van der Waals surface area (Å²) in [6.45, 7) is 16.0. The van der Waals surface area contributed by atoms with Gasteiger partial charge in [0.15, 0.2) is 0 Å². The van der Waals surface area contributed by atoms with E-state index in [1.54, 1.807) is 6.08 Å². The number of amides is 1. The van der Waals surface area contributed by atoms with E-state index in [0.717, 1.165) is 83.7 Å². The Bertz CT molecular complexity index is 1970. The zero-order chi connectivity index (χ0) is 33.0. The van der Waals surface area contributed by atoms with E-state index in [9.17, 15) is 19.8 Å². The molecule has 232 valence electrons. The van der Waals surface area contributed by atoms with Crippen LogP contribution in [0.1, 0.15) is 78.1 Å². The minimum absolute atomic E-state index is 0.0259. The molecule has 10 nitrogen and oxygen atoms in total. The first-order valence-corrected chi connectivity index (χ1v) is 14.4. The van der Waals surface area contributed by atoms with E-state index >= 15 is 0 Å².